The van der Waals surface area contributed by atoms with Crippen molar-refractivity contribution in [3.8, 4) is 0 Å². The summed E-state index contributed by atoms with van der Waals surface area (Å²) < 4.78 is 15.2. The van der Waals surface area contributed by atoms with Gasteiger partial charge in [-0.1, -0.05) is 0 Å². The van der Waals surface area contributed by atoms with E-state index in [4.69, 9.17) is 0 Å². The van der Waals surface area contributed by atoms with Crippen molar-refractivity contribution >= 4 is 16.7 Å². The summed E-state index contributed by atoms with van der Waals surface area (Å²) in [5.74, 6) is 0.790. The zero-order valence-electron chi connectivity index (χ0n) is 14.2. The van der Waals surface area contributed by atoms with Gasteiger partial charge in [-0.05, 0) is 43.0 Å². The molecule has 0 unspecified atom stereocenters. The molecule has 0 saturated carbocycles. The number of rotatable bonds is 3. The van der Waals surface area contributed by atoms with E-state index >= 15 is 0 Å². The highest BCUT2D eigenvalue weighted by molar-refractivity contribution is 5.89. The van der Waals surface area contributed by atoms with Crippen LogP contribution in [0.2, 0.25) is 0 Å². The first-order valence-corrected chi connectivity index (χ1v) is 8.92. The molecule has 2 aromatic heterocycles. The van der Waals surface area contributed by atoms with Crippen molar-refractivity contribution in [1.82, 2.24) is 19.7 Å². The molecule has 0 N–H and O–H groups in total. The summed E-state index contributed by atoms with van der Waals surface area (Å²) in [7, 11) is 0. The van der Waals surface area contributed by atoms with Gasteiger partial charge in [0.1, 0.15) is 18.0 Å². The summed E-state index contributed by atoms with van der Waals surface area (Å²) in [6.07, 6.45) is 4.52. The highest BCUT2D eigenvalue weighted by Crippen LogP contribution is 2.29. The molecule has 0 amide bonds. The molecular weight excluding hydrogens is 333 g/mol. The quantitative estimate of drug-likeness (QED) is 0.722. The van der Waals surface area contributed by atoms with Crippen molar-refractivity contribution in [1.29, 1.82) is 0 Å². The normalized spacial score (nSPS) is 16.7. The fourth-order valence-corrected chi connectivity index (χ4v) is 3.94. The van der Waals surface area contributed by atoms with Crippen LogP contribution in [-0.2, 0) is 19.4 Å². The zero-order valence-corrected chi connectivity index (χ0v) is 14.2. The SMILES string of the molecule is O=c1cc2c(nn1CC1CN(c3ncnc4ccc(F)cc34)C1)CCC2. The third-order valence-corrected chi connectivity index (χ3v) is 5.29. The van der Waals surface area contributed by atoms with Crippen LogP contribution in [0.25, 0.3) is 10.9 Å². The van der Waals surface area contributed by atoms with Crippen molar-refractivity contribution in [3.05, 3.63) is 58.0 Å². The summed E-state index contributed by atoms with van der Waals surface area (Å²) in [4.78, 5) is 22.9. The number of nitrogens with zero attached hydrogens (tertiary/aromatic N) is 5. The minimum Gasteiger partial charge on any atom is -0.355 e. The fraction of sp³-hybridized carbons (Fsp3) is 0.368. The Kier molecular flexibility index (Phi) is 3.48. The van der Waals surface area contributed by atoms with Crippen LogP contribution in [0.1, 0.15) is 17.7 Å². The standard InChI is InChI=1S/C19H18FN5O/c20-14-4-5-17-15(7-14)19(22-11-21-17)24-8-12(9-24)10-25-18(26)6-13-2-1-3-16(13)23-25/h4-7,11-12H,1-3,8-10H2. The largest absolute Gasteiger partial charge is 0.355 e. The lowest BCUT2D eigenvalue weighted by Crippen LogP contribution is -2.50. The van der Waals surface area contributed by atoms with E-state index in [1.807, 2.05) is 0 Å². The predicted molar refractivity (Wildman–Crippen MR) is 95.7 cm³/mol. The lowest BCUT2D eigenvalue weighted by molar-refractivity contribution is 0.332. The van der Waals surface area contributed by atoms with Gasteiger partial charge in [-0.2, -0.15) is 5.10 Å². The summed E-state index contributed by atoms with van der Waals surface area (Å²) in [6, 6.07) is 6.29. The number of aryl methyl sites for hydroxylation is 2. The van der Waals surface area contributed by atoms with Crippen LogP contribution in [0.3, 0.4) is 0 Å². The lowest BCUT2D eigenvalue weighted by atomic mass is 9.99. The molecular formula is C19H18FN5O. The van der Waals surface area contributed by atoms with E-state index in [1.54, 1.807) is 16.8 Å². The third kappa shape index (κ3) is 2.55. The number of hydrogen-bond acceptors (Lipinski definition) is 5. The molecule has 3 heterocycles. The van der Waals surface area contributed by atoms with Crippen molar-refractivity contribution in [2.45, 2.75) is 25.8 Å². The minimum absolute atomic E-state index is 0.0151. The first kappa shape index (κ1) is 15.4. The number of fused-ring (bicyclic) bond motifs is 2. The van der Waals surface area contributed by atoms with Crippen LogP contribution in [0.4, 0.5) is 10.2 Å². The molecule has 1 fully saturated rings. The molecule has 0 bridgehead atoms. The highest BCUT2D eigenvalue weighted by Gasteiger charge is 2.30. The Bertz CT molecular complexity index is 1060. The molecule has 7 heteroatoms. The van der Waals surface area contributed by atoms with E-state index in [9.17, 15) is 9.18 Å². The van der Waals surface area contributed by atoms with Crippen LogP contribution in [0, 0.1) is 11.7 Å². The molecule has 3 aromatic rings. The number of anilines is 1. The number of hydrogen-bond donors (Lipinski definition) is 0. The van der Waals surface area contributed by atoms with Crippen LogP contribution in [0.5, 0.6) is 0 Å². The average Bonchev–Trinajstić information content (AvgIpc) is 3.04. The first-order valence-electron chi connectivity index (χ1n) is 8.92. The lowest BCUT2D eigenvalue weighted by Gasteiger charge is -2.40. The van der Waals surface area contributed by atoms with Crippen LogP contribution >= 0.6 is 0 Å². The third-order valence-electron chi connectivity index (χ3n) is 5.29. The van der Waals surface area contributed by atoms with E-state index in [-0.39, 0.29) is 11.4 Å². The van der Waals surface area contributed by atoms with Crippen molar-refractivity contribution < 1.29 is 4.39 Å². The van der Waals surface area contributed by atoms with E-state index in [1.165, 1.54) is 18.5 Å². The maximum atomic E-state index is 13.6. The molecule has 0 atom stereocenters. The summed E-state index contributed by atoms with van der Waals surface area (Å²) >= 11 is 0. The molecule has 1 aliphatic heterocycles. The van der Waals surface area contributed by atoms with Gasteiger partial charge in [-0.3, -0.25) is 4.79 Å². The zero-order chi connectivity index (χ0) is 17.7. The molecule has 26 heavy (non-hydrogen) atoms. The Morgan fingerprint density at radius 1 is 1.15 bits per heavy atom. The Morgan fingerprint density at radius 2 is 2.04 bits per heavy atom. The second kappa shape index (κ2) is 5.86. The van der Waals surface area contributed by atoms with Gasteiger partial charge in [0, 0.05) is 30.5 Å². The van der Waals surface area contributed by atoms with Gasteiger partial charge in [-0.25, -0.2) is 19.0 Å². The predicted octanol–water partition coefficient (Wildman–Crippen LogP) is 1.95. The number of benzene rings is 1. The molecule has 5 rings (SSSR count). The van der Waals surface area contributed by atoms with Gasteiger partial charge in [0.25, 0.3) is 5.56 Å². The van der Waals surface area contributed by atoms with E-state index in [2.05, 4.69) is 20.0 Å². The van der Waals surface area contributed by atoms with Gasteiger partial charge >= 0.3 is 0 Å². The minimum atomic E-state index is -0.292. The molecule has 0 spiro atoms. The van der Waals surface area contributed by atoms with E-state index in [0.29, 0.717) is 12.5 Å². The summed E-state index contributed by atoms with van der Waals surface area (Å²) in [5, 5.41) is 5.27. The average molecular weight is 351 g/mol. The van der Waals surface area contributed by atoms with Gasteiger partial charge in [-0.15, -0.1) is 0 Å². The Morgan fingerprint density at radius 3 is 2.92 bits per heavy atom. The molecule has 1 saturated heterocycles. The molecule has 2 aliphatic rings. The first-order chi connectivity index (χ1) is 12.7. The topological polar surface area (TPSA) is 63.9 Å². The maximum Gasteiger partial charge on any atom is 0.267 e. The monoisotopic (exact) mass is 351 g/mol. The molecule has 132 valence electrons. The maximum absolute atomic E-state index is 13.6. The van der Waals surface area contributed by atoms with Crippen LogP contribution < -0.4 is 10.5 Å². The highest BCUT2D eigenvalue weighted by atomic mass is 19.1. The molecule has 0 radical (unpaired) electrons. The van der Waals surface area contributed by atoms with Crippen molar-refractivity contribution in [3.63, 3.8) is 0 Å². The Balaban J connectivity index is 1.34. The Hall–Kier alpha value is -2.83. The molecule has 1 aromatic carbocycles. The second-order valence-corrected chi connectivity index (χ2v) is 7.12. The van der Waals surface area contributed by atoms with E-state index < -0.39 is 0 Å². The van der Waals surface area contributed by atoms with Gasteiger partial charge < -0.3 is 4.90 Å². The smallest absolute Gasteiger partial charge is 0.267 e. The van der Waals surface area contributed by atoms with Crippen molar-refractivity contribution in [2.24, 2.45) is 5.92 Å². The number of aromatic nitrogens is 4. The molecule has 6 nitrogen and oxygen atoms in total. The summed E-state index contributed by atoms with van der Waals surface area (Å²) in [6.45, 7) is 2.15. The molecule has 1 aliphatic carbocycles. The second-order valence-electron chi connectivity index (χ2n) is 7.12. The van der Waals surface area contributed by atoms with E-state index in [0.717, 1.165) is 60.3 Å². The van der Waals surface area contributed by atoms with Crippen LogP contribution in [0.15, 0.2) is 35.4 Å². The Labute approximate surface area is 149 Å². The van der Waals surface area contributed by atoms with Gasteiger partial charge in [0.15, 0.2) is 0 Å². The fourth-order valence-electron chi connectivity index (χ4n) is 3.94. The summed E-state index contributed by atoms with van der Waals surface area (Å²) in [5.41, 5.74) is 2.89. The van der Waals surface area contributed by atoms with Crippen LogP contribution in [-0.4, -0.2) is 32.8 Å². The number of halogens is 1. The van der Waals surface area contributed by atoms with Gasteiger partial charge in [0.05, 0.1) is 17.8 Å². The van der Waals surface area contributed by atoms with Crippen molar-refractivity contribution in [2.75, 3.05) is 18.0 Å². The van der Waals surface area contributed by atoms with Gasteiger partial charge in [0.2, 0.25) is 0 Å².